The van der Waals surface area contributed by atoms with Crippen LogP contribution in [-0.2, 0) is 4.74 Å². The van der Waals surface area contributed by atoms with Crippen LogP contribution >= 0.6 is 0 Å². The van der Waals surface area contributed by atoms with Crippen molar-refractivity contribution in [3.63, 3.8) is 0 Å². The zero-order valence-electron chi connectivity index (χ0n) is 14.3. The van der Waals surface area contributed by atoms with Gasteiger partial charge in [0.05, 0.1) is 12.4 Å². The minimum Gasteiger partial charge on any atom is -0.499 e. The fourth-order valence-electron chi connectivity index (χ4n) is 4.50. The second kappa shape index (κ2) is 7.49. The van der Waals surface area contributed by atoms with Gasteiger partial charge in [0.15, 0.2) is 0 Å². The quantitative estimate of drug-likeness (QED) is 0.648. The molecule has 1 aliphatic rings. The van der Waals surface area contributed by atoms with Crippen LogP contribution in [0.2, 0.25) is 0 Å². The van der Waals surface area contributed by atoms with Crippen molar-refractivity contribution in [1.29, 1.82) is 0 Å². The molecule has 20 heavy (non-hydrogen) atoms. The van der Waals surface area contributed by atoms with Crippen molar-refractivity contribution in [1.82, 2.24) is 5.32 Å². The molecule has 1 saturated heterocycles. The van der Waals surface area contributed by atoms with Crippen molar-refractivity contribution in [3.05, 3.63) is 12.3 Å². The SMILES string of the molecule is C=C(CC(CC)(CC)C1(C(C)C)CCCNC1)OCC. The Morgan fingerprint density at radius 2 is 1.95 bits per heavy atom. The second-order valence-corrected chi connectivity index (χ2v) is 6.73. The molecule has 1 fully saturated rings. The van der Waals surface area contributed by atoms with E-state index in [1.807, 2.05) is 6.92 Å². The van der Waals surface area contributed by atoms with Crippen LogP contribution in [0, 0.1) is 16.7 Å². The minimum atomic E-state index is 0.306. The summed E-state index contributed by atoms with van der Waals surface area (Å²) < 4.78 is 5.70. The first-order chi connectivity index (χ1) is 9.48. The van der Waals surface area contributed by atoms with Gasteiger partial charge < -0.3 is 10.1 Å². The van der Waals surface area contributed by atoms with Crippen LogP contribution in [0.4, 0.5) is 0 Å². The first-order valence-corrected chi connectivity index (χ1v) is 8.49. The summed E-state index contributed by atoms with van der Waals surface area (Å²) in [5.41, 5.74) is 0.676. The lowest BCUT2D eigenvalue weighted by Crippen LogP contribution is -2.54. The van der Waals surface area contributed by atoms with E-state index in [-0.39, 0.29) is 0 Å². The van der Waals surface area contributed by atoms with E-state index in [4.69, 9.17) is 4.74 Å². The lowest BCUT2D eigenvalue weighted by molar-refractivity contribution is -0.0491. The lowest BCUT2D eigenvalue weighted by Gasteiger charge is -2.55. The van der Waals surface area contributed by atoms with E-state index in [9.17, 15) is 0 Å². The van der Waals surface area contributed by atoms with E-state index in [0.717, 1.165) is 25.3 Å². The summed E-state index contributed by atoms with van der Waals surface area (Å²) >= 11 is 0. The first kappa shape index (κ1) is 17.6. The Balaban J connectivity index is 3.09. The first-order valence-electron chi connectivity index (χ1n) is 8.49. The van der Waals surface area contributed by atoms with Crippen LogP contribution < -0.4 is 5.32 Å². The molecule has 0 aromatic heterocycles. The van der Waals surface area contributed by atoms with Crippen LogP contribution in [0.25, 0.3) is 0 Å². The van der Waals surface area contributed by atoms with Gasteiger partial charge in [-0.1, -0.05) is 34.3 Å². The molecule has 1 N–H and O–H groups in total. The standard InChI is InChI=1S/C18H35NO/c1-7-17(8-2,13-16(6)20-9-3)18(15(4)5)11-10-12-19-14-18/h15,19H,6-14H2,1-5H3. The van der Waals surface area contributed by atoms with Gasteiger partial charge in [0.25, 0.3) is 0 Å². The van der Waals surface area contributed by atoms with Crippen molar-refractivity contribution in [2.45, 2.75) is 66.7 Å². The van der Waals surface area contributed by atoms with Gasteiger partial charge in [-0.3, -0.25) is 0 Å². The molecular weight excluding hydrogens is 246 g/mol. The summed E-state index contributed by atoms with van der Waals surface area (Å²) in [5.74, 6) is 1.66. The van der Waals surface area contributed by atoms with E-state index >= 15 is 0 Å². The maximum Gasteiger partial charge on any atom is 0.0893 e. The van der Waals surface area contributed by atoms with Crippen LogP contribution in [0.15, 0.2) is 12.3 Å². The molecule has 2 heteroatoms. The Morgan fingerprint density at radius 3 is 2.35 bits per heavy atom. The summed E-state index contributed by atoms with van der Waals surface area (Å²) in [6, 6.07) is 0. The lowest BCUT2D eigenvalue weighted by atomic mass is 9.51. The van der Waals surface area contributed by atoms with Gasteiger partial charge in [-0.2, -0.15) is 0 Å². The van der Waals surface area contributed by atoms with Gasteiger partial charge in [0.2, 0.25) is 0 Å². The molecule has 2 nitrogen and oxygen atoms in total. The zero-order valence-corrected chi connectivity index (χ0v) is 14.3. The Kier molecular flexibility index (Phi) is 6.57. The van der Waals surface area contributed by atoms with Crippen LogP contribution in [0.3, 0.4) is 0 Å². The fraction of sp³-hybridized carbons (Fsp3) is 0.889. The molecule has 0 aliphatic carbocycles. The number of allylic oxidation sites excluding steroid dienone is 1. The smallest absolute Gasteiger partial charge is 0.0893 e. The van der Waals surface area contributed by atoms with Gasteiger partial charge >= 0.3 is 0 Å². The molecule has 0 aromatic rings. The molecule has 118 valence electrons. The third-order valence-electron chi connectivity index (χ3n) is 5.82. The van der Waals surface area contributed by atoms with Gasteiger partial charge in [0.1, 0.15) is 0 Å². The summed E-state index contributed by atoms with van der Waals surface area (Å²) in [7, 11) is 0. The molecule has 1 heterocycles. The second-order valence-electron chi connectivity index (χ2n) is 6.73. The normalized spacial score (nSPS) is 23.9. The molecule has 1 atom stereocenters. The molecule has 0 amide bonds. The third kappa shape index (κ3) is 3.21. The number of hydrogen-bond donors (Lipinski definition) is 1. The highest BCUT2D eigenvalue weighted by Gasteiger charge is 2.51. The average molecular weight is 281 g/mol. The molecule has 0 radical (unpaired) electrons. The molecule has 0 aromatic carbocycles. The van der Waals surface area contributed by atoms with E-state index in [1.165, 1.54) is 32.2 Å². The molecule has 0 saturated carbocycles. The Morgan fingerprint density at radius 1 is 1.30 bits per heavy atom. The van der Waals surface area contributed by atoms with Crippen LogP contribution in [0.5, 0.6) is 0 Å². The summed E-state index contributed by atoms with van der Waals surface area (Å²) in [4.78, 5) is 0. The van der Waals surface area contributed by atoms with Crippen molar-refractivity contribution < 1.29 is 4.74 Å². The van der Waals surface area contributed by atoms with E-state index in [2.05, 4.69) is 39.6 Å². The molecule has 0 bridgehead atoms. The number of rotatable bonds is 8. The highest BCUT2D eigenvalue weighted by Crippen LogP contribution is 2.56. The van der Waals surface area contributed by atoms with Crippen LogP contribution in [0.1, 0.15) is 66.7 Å². The van der Waals surface area contributed by atoms with Crippen molar-refractivity contribution in [3.8, 4) is 0 Å². The van der Waals surface area contributed by atoms with Gasteiger partial charge in [-0.05, 0) is 55.9 Å². The largest absolute Gasteiger partial charge is 0.499 e. The topological polar surface area (TPSA) is 21.3 Å². The molecule has 1 rings (SSSR count). The molecular formula is C18H35NO. The van der Waals surface area contributed by atoms with Gasteiger partial charge in [-0.15, -0.1) is 0 Å². The minimum absolute atomic E-state index is 0.306. The van der Waals surface area contributed by atoms with Crippen LogP contribution in [-0.4, -0.2) is 19.7 Å². The number of ether oxygens (including phenoxy) is 1. The monoisotopic (exact) mass is 281 g/mol. The fourth-order valence-corrected chi connectivity index (χ4v) is 4.50. The summed E-state index contributed by atoms with van der Waals surface area (Å²) in [6.45, 7) is 18.8. The predicted molar refractivity (Wildman–Crippen MR) is 87.8 cm³/mol. The Hall–Kier alpha value is -0.500. The predicted octanol–water partition coefficient (Wildman–Crippen LogP) is 4.76. The summed E-state index contributed by atoms with van der Waals surface area (Å²) in [5, 5.41) is 3.67. The maximum absolute atomic E-state index is 5.70. The third-order valence-corrected chi connectivity index (χ3v) is 5.82. The number of hydrogen-bond acceptors (Lipinski definition) is 2. The Bertz CT molecular complexity index is 299. The van der Waals surface area contributed by atoms with Gasteiger partial charge in [0, 0.05) is 13.0 Å². The Labute approximate surface area is 126 Å². The van der Waals surface area contributed by atoms with E-state index in [1.54, 1.807) is 0 Å². The highest BCUT2D eigenvalue weighted by molar-refractivity contribution is 5.06. The number of piperidine rings is 1. The van der Waals surface area contributed by atoms with Crippen molar-refractivity contribution >= 4 is 0 Å². The van der Waals surface area contributed by atoms with Crippen molar-refractivity contribution in [2.24, 2.45) is 16.7 Å². The van der Waals surface area contributed by atoms with E-state index < -0.39 is 0 Å². The van der Waals surface area contributed by atoms with Gasteiger partial charge in [-0.25, -0.2) is 0 Å². The van der Waals surface area contributed by atoms with E-state index in [0.29, 0.717) is 16.7 Å². The number of nitrogens with one attached hydrogen (secondary N) is 1. The maximum atomic E-state index is 5.70. The zero-order chi connectivity index (χ0) is 15.2. The van der Waals surface area contributed by atoms with Crippen molar-refractivity contribution in [2.75, 3.05) is 19.7 Å². The molecule has 1 unspecified atom stereocenters. The molecule has 1 aliphatic heterocycles. The highest BCUT2D eigenvalue weighted by atomic mass is 16.5. The molecule has 0 spiro atoms. The summed E-state index contributed by atoms with van der Waals surface area (Å²) in [6.07, 6.45) is 6.04. The average Bonchev–Trinajstić information content (AvgIpc) is 2.45.